The fourth-order valence-electron chi connectivity index (χ4n) is 1.81. The highest BCUT2D eigenvalue weighted by molar-refractivity contribution is 6.06. The molecule has 88 valence electrons. The Labute approximate surface area is 101 Å². The molecule has 0 bridgehead atoms. The quantitative estimate of drug-likeness (QED) is 0.757. The van der Waals surface area contributed by atoms with Gasteiger partial charge in [0.25, 0.3) is 0 Å². The lowest BCUT2D eigenvalue weighted by Gasteiger charge is -2.13. The number of nitrogens with zero attached hydrogens (tertiary/aromatic N) is 2. The SMILES string of the molecule is CCC(=O)c1cccc2cc(N(C)C)cnc12. The zero-order valence-corrected chi connectivity index (χ0v) is 10.4. The Morgan fingerprint density at radius 3 is 2.76 bits per heavy atom. The third kappa shape index (κ3) is 2.13. The molecule has 1 heterocycles. The van der Waals surface area contributed by atoms with Crippen LogP contribution in [0.2, 0.25) is 0 Å². The summed E-state index contributed by atoms with van der Waals surface area (Å²) in [4.78, 5) is 18.2. The Hall–Kier alpha value is -1.90. The van der Waals surface area contributed by atoms with Crippen LogP contribution in [0.4, 0.5) is 5.69 Å². The van der Waals surface area contributed by atoms with Crippen LogP contribution in [0.3, 0.4) is 0 Å². The lowest BCUT2D eigenvalue weighted by Crippen LogP contribution is -2.09. The number of fused-ring (bicyclic) bond motifs is 1. The largest absolute Gasteiger partial charge is 0.376 e. The third-order valence-corrected chi connectivity index (χ3v) is 2.83. The Morgan fingerprint density at radius 2 is 2.12 bits per heavy atom. The van der Waals surface area contributed by atoms with Gasteiger partial charge in [-0.15, -0.1) is 0 Å². The third-order valence-electron chi connectivity index (χ3n) is 2.83. The van der Waals surface area contributed by atoms with Crippen LogP contribution in [0, 0.1) is 0 Å². The van der Waals surface area contributed by atoms with E-state index in [0.717, 1.165) is 22.2 Å². The Bertz CT molecular complexity index is 561. The topological polar surface area (TPSA) is 33.2 Å². The molecule has 0 unspecified atom stereocenters. The first-order valence-corrected chi connectivity index (χ1v) is 5.72. The van der Waals surface area contributed by atoms with Crippen LogP contribution in [0.15, 0.2) is 30.5 Å². The molecule has 2 rings (SSSR count). The second-order valence-corrected chi connectivity index (χ2v) is 4.24. The monoisotopic (exact) mass is 228 g/mol. The van der Waals surface area contributed by atoms with Crippen molar-refractivity contribution in [3.8, 4) is 0 Å². The molecule has 0 aliphatic heterocycles. The van der Waals surface area contributed by atoms with Crippen LogP contribution in [-0.4, -0.2) is 24.9 Å². The number of aromatic nitrogens is 1. The van der Waals surface area contributed by atoms with Crippen molar-refractivity contribution < 1.29 is 4.79 Å². The minimum atomic E-state index is 0.140. The van der Waals surface area contributed by atoms with Gasteiger partial charge in [-0.2, -0.15) is 0 Å². The van der Waals surface area contributed by atoms with Gasteiger partial charge in [0.05, 0.1) is 17.4 Å². The number of carbonyl (C=O) groups excluding carboxylic acids is 1. The van der Waals surface area contributed by atoms with Crippen molar-refractivity contribution in [2.45, 2.75) is 13.3 Å². The summed E-state index contributed by atoms with van der Waals surface area (Å²) in [5.41, 5.74) is 2.55. The van der Waals surface area contributed by atoms with Crippen molar-refractivity contribution >= 4 is 22.4 Å². The molecule has 1 aromatic heterocycles. The number of rotatable bonds is 3. The van der Waals surface area contributed by atoms with E-state index in [9.17, 15) is 4.79 Å². The predicted molar refractivity (Wildman–Crippen MR) is 70.7 cm³/mol. The zero-order chi connectivity index (χ0) is 12.4. The van der Waals surface area contributed by atoms with Crippen molar-refractivity contribution in [3.05, 3.63) is 36.0 Å². The standard InChI is InChI=1S/C14H16N2O/c1-4-13(17)12-7-5-6-10-8-11(16(2)3)9-15-14(10)12/h5-9H,4H2,1-3H3. The van der Waals surface area contributed by atoms with Crippen LogP contribution >= 0.6 is 0 Å². The van der Waals surface area contributed by atoms with E-state index in [-0.39, 0.29) is 5.78 Å². The number of hydrogen-bond donors (Lipinski definition) is 0. The van der Waals surface area contributed by atoms with Crippen LogP contribution < -0.4 is 4.90 Å². The van der Waals surface area contributed by atoms with E-state index in [0.29, 0.717) is 6.42 Å². The highest BCUT2D eigenvalue weighted by atomic mass is 16.1. The van der Waals surface area contributed by atoms with Crippen molar-refractivity contribution in [2.24, 2.45) is 0 Å². The average Bonchev–Trinajstić information content (AvgIpc) is 2.36. The van der Waals surface area contributed by atoms with Gasteiger partial charge in [-0.25, -0.2) is 0 Å². The van der Waals surface area contributed by atoms with E-state index in [1.54, 1.807) is 6.20 Å². The number of anilines is 1. The van der Waals surface area contributed by atoms with Crippen molar-refractivity contribution in [2.75, 3.05) is 19.0 Å². The second-order valence-electron chi connectivity index (χ2n) is 4.24. The zero-order valence-electron chi connectivity index (χ0n) is 10.4. The maximum atomic E-state index is 11.8. The molecule has 3 heteroatoms. The smallest absolute Gasteiger partial charge is 0.164 e. The van der Waals surface area contributed by atoms with Crippen molar-refractivity contribution in [1.82, 2.24) is 4.98 Å². The number of hydrogen-bond acceptors (Lipinski definition) is 3. The molecule has 0 amide bonds. The summed E-state index contributed by atoms with van der Waals surface area (Å²) in [6.45, 7) is 1.87. The van der Waals surface area contributed by atoms with Crippen LogP contribution in [0.25, 0.3) is 10.9 Å². The molecular weight excluding hydrogens is 212 g/mol. The lowest BCUT2D eigenvalue weighted by atomic mass is 10.0. The molecule has 0 spiro atoms. The highest BCUT2D eigenvalue weighted by Gasteiger charge is 2.09. The molecule has 17 heavy (non-hydrogen) atoms. The Kier molecular flexibility index (Phi) is 3.09. The van der Waals surface area contributed by atoms with Gasteiger partial charge in [-0.3, -0.25) is 9.78 Å². The summed E-state index contributed by atoms with van der Waals surface area (Å²) in [7, 11) is 3.95. The maximum absolute atomic E-state index is 11.8. The van der Waals surface area contributed by atoms with E-state index in [2.05, 4.69) is 11.1 Å². The molecule has 0 N–H and O–H groups in total. The first-order valence-electron chi connectivity index (χ1n) is 5.72. The average molecular weight is 228 g/mol. The van der Waals surface area contributed by atoms with Gasteiger partial charge in [0.2, 0.25) is 0 Å². The van der Waals surface area contributed by atoms with E-state index < -0.39 is 0 Å². The molecule has 0 atom stereocenters. The summed E-state index contributed by atoms with van der Waals surface area (Å²) >= 11 is 0. The van der Waals surface area contributed by atoms with Crippen LogP contribution in [0.1, 0.15) is 23.7 Å². The van der Waals surface area contributed by atoms with E-state index in [4.69, 9.17) is 0 Å². The van der Waals surface area contributed by atoms with Gasteiger partial charge >= 0.3 is 0 Å². The molecular formula is C14H16N2O. The van der Waals surface area contributed by atoms with Gasteiger partial charge in [-0.05, 0) is 12.1 Å². The van der Waals surface area contributed by atoms with E-state index in [1.807, 2.05) is 44.1 Å². The summed E-state index contributed by atoms with van der Waals surface area (Å²) < 4.78 is 0. The van der Waals surface area contributed by atoms with Gasteiger partial charge in [-0.1, -0.05) is 19.1 Å². The molecule has 0 saturated carbocycles. The number of pyridine rings is 1. The molecule has 0 aliphatic rings. The molecule has 2 aromatic rings. The Morgan fingerprint density at radius 1 is 1.35 bits per heavy atom. The summed E-state index contributed by atoms with van der Waals surface area (Å²) in [5, 5.41) is 1.01. The summed E-state index contributed by atoms with van der Waals surface area (Å²) in [6.07, 6.45) is 2.31. The number of carbonyl (C=O) groups is 1. The fraction of sp³-hybridized carbons (Fsp3) is 0.286. The van der Waals surface area contributed by atoms with Crippen LogP contribution in [-0.2, 0) is 0 Å². The molecule has 0 fully saturated rings. The minimum Gasteiger partial charge on any atom is -0.376 e. The molecule has 0 radical (unpaired) electrons. The Balaban J connectivity index is 2.63. The normalized spacial score (nSPS) is 10.5. The van der Waals surface area contributed by atoms with Crippen molar-refractivity contribution in [3.63, 3.8) is 0 Å². The molecule has 0 aliphatic carbocycles. The van der Waals surface area contributed by atoms with Gasteiger partial charge < -0.3 is 4.90 Å². The number of Topliss-reactive ketones (excluding diaryl/α,β-unsaturated/α-hetero) is 1. The van der Waals surface area contributed by atoms with Gasteiger partial charge in [0.15, 0.2) is 5.78 Å². The lowest BCUT2D eigenvalue weighted by molar-refractivity contribution is 0.0989. The maximum Gasteiger partial charge on any atom is 0.164 e. The number of para-hydroxylation sites is 1. The minimum absolute atomic E-state index is 0.140. The van der Waals surface area contributed by atoms with Crippen LogP contribution in [0.5, 0.6) is 0 Å². The second kappa shape index (κ2) is 4.53. The summed E-state index contributed by atoms with van der Waals surface area (Å²) in [6, 6.07) is 7.79. The summed E-state index contributed by atoms with van der Waals surface area (Å²) in [5.74, 6) is 0.140. The van der Waals surface area contributed by atoms with Gasteiger partial charge in [0.1, 0.15) is 0 Å². The van der Waals surface area contributed by atoms with Crippen molar-refractivity contribution in [1.29, 1.82) is 0 Å². The highest BCUT2D eigenvalue weighted by Crippen LogP contribution is 2.22. The number of ketones is 1. The molecule has 3 nitrogen and oxygen atoms in total. The first kappa shape index (κ1) is 11.6. The molecule has 0 saturated heterocycles. The van der Waals surface area contributed by atoms with Gasteiger partial charge in [0, 0.05) is 31.5 Å². The molecule has 1 aromatic carbocycles. The van der Waals surface area contributed by atoms with E-state index in [1.165, 1.54) is 0 Å². The first-order chi connectivity index (χ1) is 8.13. The number of benzene rings is 1. The fourth-order valence-corrected chi connectivity index (χ4v) is 1.81. The predicted octanol–water partition coefficient (Wildman–Crippen LogP) is 2.89. The van der Waals surface area contributed by atoms with E-state index >= 15 is 0 Å².